The molecule has 0 bridgehead atoms. The van der Waals surface area contributed by atoms with Crippen molar-refractivity contribution < 1.29 is 9.53 Å². The predicted octanol–water partition coefficient (Wildman–Crippen LogP) is 3.78. The normalized spacial score (nSPS) is 10.6. The minimum atomic E-state index is -0.0505. The molecule has 104 valence electrons. The summed E-state index contributed by atoms with van der Waals surface area (Å²) in [6.07, 6.45) is 3.45. The number of aromatic nitrogens is 1. The molecular formula is C18H15NO2. The number of pyridine rings is 1. The van der Waals surface area contributed by atoms with E-state index in [-0.39, 0.29) is 5.78 Å². The second-order valence-corrected chi connectivity index (χ2v) is 4.94. The van der Waals surface area contributed by atoms with Gasteiger partial charge in [-0.15, -0.1) is 0 Å². The lowest BCUT2D eigenvalue weighted by atomic mass is 9.97. The van der Waals surface area contributed by atoms with Gasteiger partial charge in [-0.2, -0.15) is 0 Å². The number of ketones is 1. The fraction of sp³-hybridized carbons (Fsp3) is 0.111. The van der Waals surface area contributed by atoms with Crippen LogP contribution in [0.1, 0.15) is 21.5 Å². The Morgan fingerprint density at radius 2 is 1.95 bits per heavy atom. The quantitative estimate of drug-likeness (QED) is 0.684. The van der Waals surface area contributed by atoms with Crippen LogP contribution in [-0.2, 0) is 0 Å². The average molecular weight is 277 g/mol. The number of hydrogen-bond acceptors (Lipinski definition) is 3. The van der Waals surface area contributed by atoms with Crippen LogP contribution in [0.15, 0.2) is 54.9 Å². The van der Waals surface area contributed by atoms with Gasteiger partial charge in [0.15, 0.2) is 5.78 Å². The van der Waals surface area contributed by atoms with Gasteiger partial charge in [-0.3, -0.25) is 9.78 Å². The second kappa shape index (κ2) is 5.37. The van der Waals surface area contributed by atoms with Crippen molar-refractivity contribution >= 4 is 16.6 Å². The first-order valence-corrected chi connectivity index (χ1v) is 6.73. The van der Waals surface area contributed by atoms with Gasteiger partial charge in [0, 0.05) is 23.3 Å². The summed E-state index contributed by atoms with van der Waals surface area (Å²) in [4.78, 5) is 17.0. The van der Waals surface area contributed by atoms with Gasteiger partial charge in [-0.05, 0) is 36.1 Å². The Morgan fingerprint density at radius 1 is 1.10 bits per heavy atom. The van der Waals surface area contributed by atoms with E-state index in [9.17, 15) is 4.79 Å². The number of nitrogens with zero attached hydrogens (tertiary/aromatic N) is 1. The van der Waals surface area contributed by atoms with Crippen LogP contribution in [0.3, 0.4) is 0 Å². The lowest BCUT2D eigenvalue weighted by Crippen LogP contribution is -2.05. The fourth-order valence-electron chi connectivity index (χ4n) is 2.44. The van der Waals surface area contributed by atoms with Crippen molar-refractivity contribution in [2.75, 3.05) is 7.11 Å². The molecule has 0 aliphatic carbocycles. The Bertz CT molecular complexity index is 819. The third-order valence-electron chi connectivity index (χ3n) is 3.53. The Labute approximate surface area is 123 Å². The molecule has 3 rings (SSSR count). The fourth-order valence-corrected chi connectivity index (χ4v) is 2.44. The summed E-state index contributed by atoms with van der Waals surface area (Å²) in [5, 5.41) is 1.86. The van der Waals surface area contributed by atoms with E-state index in [1.165, 1.54) is 0 Å². The van der Waals surface area contributed by atoms with Crippen molar-refractivity contribution in [3.05, 3.63) is 71.5 Å². The summed E-state index contributed by atoms with van der Waals surface area (Å²) < 4.78 is 5.34. The molecule has 0 aliphatic heterocycles. The van der Waals surface area contributed by atoms with Crippen LogP contribution in [0.5, 0.6) is 5.75 Å². The highest BCUT2D eigenvalue weighted by molar-refractivity contribution is 6.17. The first-order chi connectivity index (χ1) is 10.2. The molecule has 0 spiro atoms. The minimum absolute atomic E-state index is 0.0505. The van der Waals surface area contributed by atoms with E-state index in [1.807, 2.05) is 49.4 Å². The van der Waals surface area contributed by atoms with Crippen molar-refractivity contribution in [2.24, 2.45) is 0 Å². The minimum Gasteiger partial charge on any atom is -0.496 e. The summed E-state index contributed by atoms with van der Waals surface area (Å²) in [5.74, 6) is 0.548. The second-order valence-electron chi connectivity index (χ2n) is 4.94. The van der Waals surface area contributed by atoms with E-state index in [1.54, 1.807) is 19.5 Å². The van der Waals surface area contributed by atoms with Gasteiger partial charge >= 0.3 is 0 Å². The molecule has 3 nitrogen and oxygen atoms in total. The molecule has 3 aromatic rings. The molecule has 0 saturated carbocycles. The number of fused-ring (bicyclic) bond motifs is 1. The van der Waals surface area contributed by atoms with Gasteiger partial charge in [-0.1, -0.05) is 24.3 Å². The molecule has 0 aliphatic rings. The number of ether oxygens (including phenoxy) is 1. The molecule has 1 heterocycles. The van der Waals surface area contributed by atoms with E-state index in [0.29, 0.717) is 16.9 Å². The topological polar surface area (TPSA) is 39.2 Å². The zero-order chi connectivity index (χ0) is 14.8. The number of carbonyl (C=O) groups excluding carboxylic acids is 1. The summed E-state index contributed by atoms with van der Waals surface area (Å²) in [7, 11) is 1.58. The van der Waals surface area contributed by atoms with E-state index >= 15 is 0 Å². The summed E-state index contributed by atoms with van der Waals surface area (Å²) >= 11 is 0. The number of rotatable bonds is 3. The van der Waals surface area contributed by atoms with Crippen LogP contribution in [0, 0.1) is 6.92 Å². The lowest BCUT2D eigenvalue weighted by molar-refractivity contribution is 0.103. The smallest absolute Gasteiger partial charge is 0.197 e. The molecule has 3 heteroatoms. The molecule has 0 atom stereocenters. The van der Waals surface area contributed by atoms with Crippen LogP contribution in [0.4, 0.5) is 0 Å². The molecule has 0 N–H and O–H groups in total. The van der Waals surface area contributed by atoms with Crippen molar-refractivity contribution in [3.8, 4) is 5.75 Å². The van der Waals surface area contributed by atoms with Gasteiger partial charge in [0.05, 0.1) is 12.7 Å². The Kier molecular flexibility index (Phi) is 3.40. The van der Waals surface area contributed by atoms with Gasteiger partial charge in [-0.25, -0.2) is 0 Å². The van der Waals surface area contributed by atoms with Gasteiger partial charge < -0.3 is 4.74 Å². The van der Waals surface area contributed by atoms with E-state index in [0.717, 1.165) is 16.3 Å². The highest BCUT2D eigenvalue weighted by Gasteiger charge is 2.16. The van der Waals surface area contributed by atoms with Crippen LogP contribution < -0.4 is 4.74 Å². The van der Waals surface area contributed by atoms with Gasteiger partial charge in [0.2, 0.25) is 0 Å². The van der Waals surface area contributed by atoms with E-state index in [4.69, 9.17) is 4.74 Å². The Morgan fingerprint density at radius 3 is 2.76 bits per heavy atom. The summed E-state index contributed by atoms with van der Waals surface area (Å²) in [5.41, 5.74) is 2.27. The lowest BCUT2D eigenvalue weighted by Gasteiger charge is -2.10. The average Bonchev–Trinajstić information content (AvgIpc) is 2.53. The van der Waals surface area contributed by atoms with Crippen molar-refractivity contribution in [2.45, 2.75) is 6.92 Å². The van der Waals surface area contributed by atoms with E-state index < -0.39 is 0 Å². The SMILES string of the molecule is COc1cc(C)ccc1C(=O)c1cccc2ccncc12. The highest BCUT2D eigenvalue weighted by Crippen LogP contribution is 2.26. The molecule has 0 saturated heterocycles. The van der Waals surface area contributed by atoms with Crippen LogP contribution in [0.2, 0.25) is 0 Å². The first-order valence-electron chi connectivity index (χ1n) is 6.73. The van der Waals surface area contributed by atoms with Gasteiger partial charge in [0.1, 0.15) is 5.75 Å². The molecular weight excluding hydrogens is 262 g/mol. The van der Waals surface area contributed by atoms with Crippen LogP contribution in [-0.4, -0.2) is 17.9 Å². The third-order valence-corrected chi connectivity index (χ3v) is 3.53. The van der Waals surface area contributed by atoms with Crippen LogP contribution in [0.25, 0.3) is 10.8 Å². The third kappa shape index (κ3) is 2.38. The molecule has 0 radical (unpaired) electrons. The number of hydrogen-bond donors (Lipinski definition) is 0. The molecule has 21 heavy (non-hydrogen) atoms. The van der Waals surface area contributed by atoms with Crippen LogP contribution >= 0.6 is 0 Å². The number of carbonyl (C=O) groups is 1. The standard InChI is InChI=1S/C18H15NO2/c1-12-6-7-15(17(10-12)21-2)18(20)14-5-3-4-13-8-9-19-11-16(13)14/h3-11H,1-2H3. The zero-order valence-corrected chi connectivity index (χ0v) is 12.0. The first kappa shape index (κ1) is 13.3. The molecule has 2 aromatic carbocycles. The van der Waals surface area contributed by atoms with Crippen molar-refractivity contribution in [1.82, 2.24) is 4.98 Å². The maximum atomic E-state index is 12.8. The monoisotopic (exact) mass is 277 g/mol. The number of benzene rings is 2. The predicted molar refractivity (Wildman–Crippen MR) is 82.9 cm³/mol. The number of aryl methyl sites for hydroxylation is 1. The highest BCUT2D eigenvalue weighted by atomic mass is 16.5. The Hall–Kier alpha value is -2.68. The van der Waals surface area contributed by atoms with E-state index in [2.05, 4.69) is 4.98 Å². The zero-order valence-electron chi connectivity index (χ0n) is 12.0. The Balaban J connectivity index is 2.17. The van der Waals surface area contributed by atoms with Crippen molar-refractivity contribution in [1.29, 1.82) is 0 Å². The summed E-state index contributed by atoms with van der Waals surface area (Å²) in [6, 6.07) is 13.2. The molecule has 1 aromatic heterocycles. The largest absolute Gasteiger partial charge is 0.496 e. The molecule has 0 amide bonds. The maximum absolute atomic E-state index is 12.8. The van der Waals surface area contributed by atoms with Crippen molar-refractivity contribution in [3.63, 3.8) is 0 Å². The summed E-state index contributed by atoms with van der Waals surface area (Å²) in [6.45, 7) is 1.97. The maximum Gasteiger partial charge on any atom is 0.197 e. The molecule has 0 fully saturated rings. The van der Waals surface area contributed by atoms with Gasteiger partial charge in [0.25, 0.3) is 0 Å². The number of methoxy groups -OCH3 is 1. The molecule has 0 unspecified atom stereocenters.